The van der Waals surface area contributed by atoms with Gasteiger partial charge in [0.05, 0.1) is 12.1 Å². The van der Waals surface area contributed by atoms with Gasteiger partial charge < -0.3 is 10.1 Å². The second-order valence-electron chi connectivity index (χ2n) is 5.74. The number of hydrogen-bond donors (Lipinski definition) is 1. The van der Waals surface area contributed by atoms with Crippen molar-refractivity contribution in [2.75, 3.05) is 12.4 Å². The summed E-state index contributed by atoms with van der Waals surface area (Å²) >= 11 is 13.7. The summed E-state index contributed by atoms with van der Waals surface area (Å²) in [6.45, 7) is 0. The van der Waals surface area contributed by atoms with E-state index in [1.807, 2.05) is 48.5 Å². The fourth-order valence-corrected chi connectivity index (χ4v) is 3.64. The van der Waals surface area contributed by atoms with Crippen LogP contribution < -0.4 is 10.1 Å². The number of hydrogen-bond acceptors (Lipinski definition) is 3. The minimum absolute atomic E-state index is 0.187. The lowest BCUT2D eigenvalue weighted by atomic mass is 10.1. The van der Waals surface area contributed by atoms with E-state index in [0.29, 0.717) is 22.0 Å². The molecule has 27 heavy (non-hydrogen) atoms. The van der Waals surface area contributed by atoms with Crippen LogP contribution in [0.15, 0.2) is 71.6 Å². The molecule has 3 aromatic carbocycles. The highest BCUT2D eigenvalue weighted by Crippen LogP contribution is 2.28. The molecule has 3 nitrogen and oxygen atoms in total. The third kappa shape index (κ3) is 5.42. The van der Waals surface area contributed by atoms with Crippen LogP contribution in [0.25, 0.3) is 0 Å². The average Bonchev–Trinajstić information content (AvgIpc) is 2.68. The molecule has 0 aliphatic heterocycles. The van der Waals surface area contributed by atoms with E-state index in [4.69, 9.17) is 27.9 Å². The van der Waals surface area contributed by atoms with Gasteiger partial charge in [-0.1, -0.05) is 35.3 Å². The van der Waals surface area contributed by atoms with Crippen LogP contribution >= 0.6 is 35.0 Å². The monoisotopic (exact) mass is 417 g/mol. The van der Waals surface area contributed by atoms with Gasteiger partial charge in [0.25, 0.3) is 5.91 Å². The van der Waals surface area contributed by atoms with Crippen LogP contribution in [-0.4, -0.2) is 13.0 Å². The first-order valence-corrected chi connectivity index (χ1v) is 9.91. The second-order valence-corrected chi connectivity index (χ2v) is 7.64. The summed E-state index contributed by atoms with van der Waals surface area (Å²) in [5.41, 5.74) is 2.34. The molecule has 3 aromatic rings. The van der Waals surface area contributed by atoms with E-state index < -0.39 is 0 Å². The molecule has 0 aliphatic carbocycles. The van der Waals surface area contributed by atoms with Crippen molar-refractivity contribution >= 4 is 46.6 Å². The quantitative estimate of drug-likeness (QED) is 0.462. The SMILES string of the molecule is COc1ccc(NC(=O)c2ccc(CSc3ccc(Cl)cc3)cc2)cc1Cl. The highest BCUT2D eigenvalue weighted by Gasteiger charge is 2.08. The van der Waals surface area contributed by atoms with E-state index in [1.165, 1.54) is 0 Å². The van der Waals surface area contributed by atoms with Gasteiger partial charge in [-0.25, -0.2) is 0 Å². The molecule has 0 unspecified atom stereocenters. The lowest BCUT2D eigenvalue weighted by Crippen LogP contribution is -2.11. The Bertz CT molecular complexity index is 928. The van der Waals surface area contributed by atoms with E-state index in [1.54, 1.807) is 37.1 Å². The van der Waals surface area contributed by atoms with Crippen LogP contribution in [0.5, 0.6) is 5.75 Å². The van der Waals surface area contributed by atoms with Gasteiger partial charge >= 0.3 is 0 Å². The Morgan fingerprint density at radius 1 is 1.00 bits per heavy atom. The number of nitrogens with one attached hydrogen (secondary N) is 1. The van der Waals surface area contributed by atoms with Crippen molar-refractivity contribution in [2.24, 2.45) is 0 Å². The first kappa shape index (κ1) is 19.6. The van der Waals surface area contributed by atoms with Crippen LogP contribution in [0.2, 0.25) is 10.0 Å². The summed E-state index contributed by atoms with van der Waals surface area (Å²) in [4.78, 5) is 13.5. The number of carbonyl (C=O) groups is 1. The van der Waals surface area contributed by atoms with Gasteiger partial charge in [0.2, 0.25) is 0 Å². The summed E-state index contributed by atoms with van der Waals surface area (Å²) in [7, 11) is 1.55. The van der Waals surface area contributed by atoms with E-state index in [2.05, 4.69) is 5.32 Å². The van der Waals surface area contributed by atoms with Crippen LogP contribution in [0.3, 0.4) is 0 Å². The van der Waals surface area contributed by atoms with Crippen molar-refractivity contribution in [1.29, 1.82) is 0 Å². The molecular formula is C21H17Cl2NO2S. The number of anilines is 1. The van der Waals surface area contributed by atoms with Gasteiger partial charge in [-0.2, -0.15) is 0 Å². The van der Waals surface area contributed by atoms with E-state index in [-0.39, 0.29) is 5.91 Å². The Balaban J connectivity index is 1.59. The van der Waals surface area contributed by atoms with Gasteiger partial charge in [0.1, 0.15) is 5.75 Å². The van der Waals surface area contributed by atoms with Gasteiger partial charge in [-0.3, -0.25) is 4.79 Å². The second kappa shape index (κ2) is 9.18. The number of halogens is 2. The van der Waals surface area contributed by atoms with Crippen molar-refractivity contribution in [3.63, 3.8) is 0 Å². The minimum atomic E-state index is -0.187. The molecule has 1 N–H and O–H groups in total. The molecule has 0 aromatic heterocycles. The number of methoxy groups -OCH3 is 1. The van der Waals surface area contributed by atoms with Gasteiger partial charge in [-0.15, -0.1) is 11.8 Å². The third-order valence-corrected chi connectivity index (χ3v) is 5.48. The zero-order valence-corrected chi connectivity index (χ0v) is 16.9. The van der Waals surface area contributed by atoms with Crippen LogP contribution in [0, 0.1) is 0 Å². The highest BCUT2D eigenvalue weighted by molar-refractivity contribution is 7.98. The standard InChI is InChI=1S/C21H17Cl2NO2S/c1-26-20-11-8-17(12-19(20)23)24-21(25)15-4-2-14(3-5-15)13-27-18-9-6-16(22)7-10-18/h2-12H,13H2,1H3,(H,24,25). The lowest BCUT2D eigenvalue weighted by Gasteiger charge is -2.09. The molecule has 0 saturated heterocycles. The topological polar surface area (TPSA) is 38.3 Å². The number of benzene rings is 3. The first-order chi connectivity index (χ1) is 13.0. The fraction of sp³-hybridized carbons (Fsp3) is 0.0952. The molecule has 0 aliphatic rings. The molecule has 0 spiro atoms. The van der Waals surface area contributed by atoms with E-state index in [9.17, 15) is 4.79 Å². The smallest absolute Gasteiger partial charge is 0.255 e. The Kier molecular flexibility index (Phi) is 6.67. The predicted molar refractivity (Wildman–Crippen MR) is 113 cm³/mol. The van der Waals surface area contributed by atoms with Gasteiger partial charge in [0.15, 0.2) is 0 Å². The molecule has 1 amide bonds. The zero-order valence-electron chi connectivity index (χ0n) is 14.5. The maximum absolute atomic E-state index is 12.4. The zero-order chi connectivity index (χ0) is 19.2. The molecule has 6 heteroatoms. The Labute approximate surface area is 172 Å². The first-order valence-electron chi connectivity index (χ1n) is 8.17. The normalized spacial score (nSPS) is 10.5. The third-order valence-electron chi connectivity index (χ3n) is 3.84. The van der Waals surface area contributed by atoms with Crippen LogP contribution in [-0.2, 0) is 5.75 Å². The molecular weight excluding hydrogens is 401 g/mol. The highest BCUT2D eigenvalue weighted by atomic mass is 35.5. The maximum Gasteiger partial charge on any atom is 0.255 e. The Hall–Kier alpha value is -2.14. The van der Waals surface area contributed by atoms with Crippen LogP contribution in [0.4, 0.5) is 5.69 Å². The molecule has 0 heterocycles. The number of thioether (sulfide) groups is 1. The average molecular weight is 418 g/mol. The lowest BCUT2D eigenvalue weighted by molar-refractivity contribution is 0.102. The number of rotatable bonds is 6. The van der Waals surface area contributed by atoms with Crippen molar-refractivity contribution in [2.45, 2.75) is 10.6 Å². The Morgan fingerprint density at radius 3 is 2.33 bits per heavy atom. The summed E-state index contributed by atoms with van der Waals surface area (Å²) in [6.07, 6.45) is 0. The molecule has 0 radical (unpaired) electrons. The largest absolute Gasteiger partial charge is 0.495 e. The molecule has 0 bridgehead atoms. The summed E-state index contributed by atoms with van der Waals surface area (Å²) in [6, 6.07) is 20.4. The summed E-state index contributed by atoms with van der Waals surface area (Å²) in [5.74, 6) is 1.20. The number of ether oxygens (including phenoxy) is 1. The molecule has 0 saturated carbocycles. The van der Waals surface area contributed by atoms with Gasteiger partial charge in [0, 0.05) is 26.9 Å². The van der Waals surface area contributed by atoms with Crippen molar-refractivity contribution in [1.82, 2.24) is 0 Å². The van der Waals surface area contributed by atoms with Crippen molar-refractivity contribution in [3.05, 3.63) is 87.9 Å². The fourth-order valence-electron chi connectivity index (χ4n) is 2.40. The van der Waals surface area contributed by atoms with E-state index >= 15 is 0 Å². The minimum Gasteiger partial charge on any atom is -0.495 e. The van der Waals surface area contributed by atoms with Gasteiger partial charge in [-0.05, 0) is 60.2 Å². The van der Waals surface area contributed by atoms with Crippen molar-refractivity contribution < 1.29 is 9.53 Å². The molecule has 0 fully saturated rings. The van der Waals surface area contributed by atoms with E-state index in [0.717, 1.165) is 21.2 Å². The van der Waals surface area contributed by atoms with Crippen molar-refractivity contribution in [3.8, 4) is 5.75 Å². The number of carbonyl (C=O) groups excluding carboxylic acids is 1. The Morgan fingerprint density at radius 2 is 1.70 bits per heavy atom. The summed E-state index contributed by atoms with van der Waals surface area (Å²) in [5, 5.41) is 4.01. The molecule has 3 rings (SSSR count). The maximum atomic E-state index is 12.4. The summed E-state index contributed by atoms with van der Waals surface area (Å²) < 4.78 is 5.11. The molecule has 138 valence electrons. The molecule has 0 atom stereocenters. The van der Waals surface area contributed by atoms with Crippen LogP contribution in [0.1, 0.15) is 15.9 Å². The number of amides is 1. The predicted octanol–water partition coefficient (Wildman–Crippen LogP) is 6.55.